The van der Waals surface area contributed by atoms with Crippen LogP contribution in [0.2, 0.25) is 0 Å². The van der Waals surface area contributed by atoms with Crippen molar-refractivity contribution in [1.29, 1.82) is 0 Å². The van der Waals surface area contributed by atoms with Gasteiger partial charge in [0.2, 0.25) is 0 Å². The molecule has 17 heavy (non-hydrogen) atoms. The van der Waals surface area contributed by atoms with Crippen LogP contribution in [0.25, 0.3) is 0 Å². The molecule has 0 bridgehead atoms. The van der Waals surface area contributed by atoms with Gasteiger partial charge in [0.1, 0.15) is 5.75 Å². The van der Waals surface area contributed by atoms with Crippen molar-refractivity contribution >= 4 is 11.8 Å². The van der Waals surface area contributed by atoms with E-state index in [0.29, 0.717) is 11.1 Å². The third-order valence-electron chi connectivity index (χ3n) is 2.40. The number of aliphatic hydroxyl groups excluding tert-OH is 3. The summed E-state index contributed by atoms with van der Waals surface area (Å²) in [6, 6.07) is 3.44. The Kier molecular flexibility index (Phi) is 6.36. The molecule has 1 aromatic rings. The number of hydrogen-bond acceptors (Lipinski definition) is 5. The molecular weight excluding hydrogens is 240 g/mol. The highest BCUT2D eigenvalue weighted by molar-refractivity contribution is 7.99. The van der Waals surface area contributed by atoms with Crippen LogP contribution in [0.5, 0.6) is 5.75 Å². The number of unbranched alkanes of at least 4 members (excludes halogenated alkanes) is 1. The Balaban J connectivity index is 2.71. The van der Waals surface area contributed by atoms with E-state index in [1.54, 1.807) is 23.9 Å². The van der Waals surface area contributed by atoms with Gasteiger partial charge in [0.05, 0.1) is 13.2 Å². The minimum absolute atomic E-state index is 0.0327. The van der Waals surface area contributed by atoms with Crippen molar-refractivity contribution in [1.82, 2.24) is 0 Å². The summed E-state index contributed by atoms with van der Waals surface area (Å²) in [5.74, 6) is 0.829. The third kappa shape index (κ3) is 4.20. The number of hydrogen-bond donors (Lipinski definition) is 4. The van der Waals surface area contributed by atoms with Crippen LogP contribution in [0, 0.1) is 0 Å². The Labute approximate surface area is 105 Å². The molecule has 0 aliphatic heterocycles. The molecule has 0 heterocycles. The number of rotatable bonds is 7. The van der Waals surface area contributed by atoms with Gasteiger partial charge in [0, 0.05) is 22.6 Å². The van der Waals surface area contributed by atoms with Crippen molar-refractivity contribution < 1.29 is 20.4 Å². The molecule has 1 aromatic carbocycles. The summed E-state index contributed by atoms with van der Waals surface area (Å²) >= 11 is 1.58. The lowest BCUT2D eigenvalue weighted by molar-refractivity contribution is 0.263. The number of aromatic hydroxyl groups is 1. The normalized spacial score (nSPS) is 10.8. The minimum atomic E-state index is -0.246. The van der Waals surface area contributed by atoms with Crippen LogP contribution in [-0.4, -0.2) is 32.8 Å². The minimum Gasteiger partial charge on any atom is -0.507 e. The lowest BCUT2D eigenvalue weighted by atomic mass is 10.1. The first kappa shape index (κ1) is 14.3. The molecule has 0 aliphatic carbocycles. The SMILES string of the molecule is OCCCCSc1cc(CO)c(O)c(CO)c1. The molecule has 96 valence electrons. The molecule has 0 saturated carbocycles. The summed E-state index contributed by atoms with van der Waals surface area (Å²) in [6.07, 6.45) is 1.68. The fourth-order valence-electron chi connectivity index (χ4n) is 1.46. The Hall–Kier alpha value is -0.750. The maximum Gasteiger partial charge on any atom is 0.126 e. The topological polar surface area (TPSA) is 80.9 Å². The van der Waals surface area contributed by atoms with Crippen molar-refractivity contribution in [3.8, 4) is 5.75 Å². The quantitative estimate of drug-likeness (QED) is 0.437. The number of thioether (sulfide) groups is 1. The second-order valence-corrected chi connectivity index (χ2v) is 4.85. The van der Waals surface area contributed by atoms with Crippen LogP contribution in [0.15, 0.2) is 17.0 Å². The van der Waals surface area contributed by atoms with E-state index >= 15 is 0 Å². The lowest BCUT2D eigenvalue weighted by Gasteiger charge is -2.10. The standard InChI is InChI=1S/C12H18O4S/c13-3-1-2-4-17-11-5-9(7-14)12(16)10(6-11)8-15/h5-6,13-16H,1-4,7-8H2. The monoisotopic (exact) mass is 258 g/mol. The highest BCUT2D eigenvalue weighted by atomic mass is 32.2. The zero-order valence-electron chi connectivity index (χ0n) is 9.59. The first-order valence-electron chi connectivity index (χ1n) is 5.53. The zero-order chi connectivity index (χ0) is 12.7. The van der Waals surface area contributed by atoms with Gasteiger partial charge < -0.3 is 20.4 Å². The van der Waals surface area contributed by atoms with Gasteiger partial charge in [0.25, 0.3) is 0 Å². The summed E-state index contributed by atoms with van der Waals surface area (Å²) in [7, 11) is 0. The van der Waals surface area contributed by atoms with Crippen LogP contribution in [0.4, 0.5) is 0 Å². The molecule has 0 radical (unpaired) electrons. The molecule has 5 heteroatoms. The van der Waals surface area contributed by atoms with Gasteiger partial charge in [-0.1, -0.05) is 0 Å². The van der Waals surface area contributed by atoms with E-state index in [4.69, 9.17) is 15.3 Å². The summed E-state index contributed by atoms with van der Waals surface area (Å²) in [4.78, 5) is 0.911. The molecule has 0 amide bonds. The van der Waals surface area contributed by atoms with Crippen molar-refractivity contribution in [2.75, 3.05) is 12.4 Å². The summed E-state index contributed by atoms with van der Waals surface area (Å²) in [6.45, 7) is -0.298. The zero-order valence-corrected chi connectivity index (χ0v) is 10.4. The molecule has 1 rings (SSSR count). The van der Waals surface area contributed by atoms with E-state index in [1.807, 2.05) is 0 Å². The Morgan fingerprint density at radius 1 is 0.941 bits per heavy atom. The van der Waals surface area contributed by atoms with Crippen molar-refractivity contribution in [2.45, 2.75) is 31.0 Å². The van der Waals surface area contributed by atoms with Crippen LogP contribution in [0.3, 0.4) is 0 Å². The highest BCUT2D eigenvalue weighted by Crippen LogP contribution is 2.30. The summed E-state index contributed by atoms with van der Waals surface area (Å²) in [5, 5.41) is 36.5. The number of aliphatic hydroxyl groups is 3. The molecule has 0 spiro atoms. The van der Waals surface area contributed by atoms with E-state index in [2.05, 4.69) is 0 Å². The number of benzene rings is 1. The van der Waals surface area contributed by atoms with E-state index in [9.17, 15) is 5.11 Å². The first-order valence-corrected chi connectivity index (χ1v) is 6.51. The second kappa shape index (κ2) is 7.55. The number of phenols is 1. The summed E-state index contributed by atoms with van der Waals surface area (Å²) < 4.78 is 0. The second-order valence-electron chi connectivity index (χ2n) is 3.69. The van der Waals surface area contributed by atoms with Crippen LogP contribution >= 0.6 is 11.8 Å². The van der Waals surface area contributed by atoms with Gasteiger partial charge in [-0.05, 0) is 30.7 Å². The third-order valence-corrected chi connectivity index (χ3v) is 3.47. The first-order chi connectivity index (χ1) is 8.22. The average Bonchev–Trinajstić information content (AvgIpc) is 2.36. The van der Waals surface area contributed by atoms with Crippen molar-refractivity contribution in [3.63, 3.8) is 0 Å². The van der Waals surface area contributed by atoms with E-state index in [-0.39, 0.29) is 25.6 Å². The van der Waals surface area contributed by atoms with Crippen molar-refractivity contribution in [2.24, 2.45) is 0 Å². The fraction of sp³-hybridized carbons (Fsp3) is 0.500. The van der Waals surface area contributed by atoms with Crippen molar-refractivity contribution in [3.05, 3.63) is 23.3 Å². The molecule has 0 aliphatic rings. The maximum atomic E-state index is 9.66. The van der Waals surface area contributed by atoms with Gasteiger partial charge in [-0.15, -0.1) is 11.8 Å². The smallest absolute Gasteiger partial charge is 0.126 e. The largest absolute Gasteiger partial charge is 0.507 e. The van der Waals surface area contributed by atoms with E-state index < -0.39 is 0 Å². The molecule has 0 atom stereocenters. The molecule has 4 nitrogen and oxygen atoms in total. The van der Waals surface area contributed by atoms with Gasteiger partial charge >= 0.3 is 0 Å². The Bertz CT molecular complexity index is 329. The maximum absolute atomic E-state index is 9.66. The van der Waals surface area contributed by atoms with E-state index in [1.165, 1.54) is 0 Å². The van der Waals surface area contributed by atoms with Gasteiger partial charge in [-0.25, -0.2) is 0 Å². The van der Waals surface area contributed by atoms with Gasteiger partial charge in [-0.3, -0.25) is 0 Å². The Morgan fingerprint density at radius 2 is 1.53 bits per heavy atom. The molecule has 0 saturated heterocycles. The molecule has 0 unspecified atom stereocenters. The molecule has 0 aromatic heterocycles. The van der Waals surface area contributed by atoms with Crippen LogP contribution < -0.4 is 0 Å². The Morgan fingerprint density at radius 3 is 2.00 bits per heavy atom. The van der Waals surface area contributed by atoms with Gasteiger partial charge in [0.15, 0.2) is 0 Å². The fourth-order valence-corrected chi connectivity index (χ4v) is 2.49. The van der Waals surface area contributed by atoms with E-state index in [0.717, 1.165) is 23.5 Å². The highest BCUT2D eigenvalue weighted by Gasteiger charge is 2.09. The van der Waals surface area contributed by atoms with Gasteiger partial charge in [-0.2, -0.15) is 0 Å². The predicted octanol–water partition coefficient (Wildman–Crippen LogP) is 1.24. The lowest BCUT2D eigenvalue weighted by Crippen LogP contribution is -1.93. The average molecular weight is 258 g/mol. The van der Waals surface area contributed by atoms with Crippen LogP contribution in [0.1, 0.15) is 24.0 Å². The summed E-state index contributed by atoms with van der Waals surface area (Å²) in [5.41, 5.74) is 0.863. The predicted molar refractivity (Wildman–Crippen MR) is 67.0 cm³/mol. The van der Waals surface area contributed by atoms with Crippen LogP contribution in [-0.2, 0) is 13.2 Å². The molecular formula is C12H18O4S. The molecule has 0 fully saturated rings. The molecule has 4 N–H and O–H groups in total.